The molecule has 2 nitrogen and oxygen atoms in total. The molecule has 0 spiro atoms. The van der Waals surface area contributed by atoms with Crippen LogP contribution in [0, 0.1) is 20.8 Å². The largest absolute Gasteiger partial charge is 0.491 e. The Hall–Kier alpha value is -2.73. The van der Waals surface area contributed by atoms with E-state index in [-0.39, 0.29) is 0 Å². The molecule has 0 amide bonds. The number of benzene rings is 3. The Morgan fingerprint density at radius 2 is 0.931 bits per heavy atom. The molecule has 0 saturated heterocycles. The fourth-order valence-corrected chi connectivity index (χ4v) is 5.89. The molecule has 0 aromatic heterocycles. The van der Waals surface area contributed by atoms with Gasteiger partial charge in [0, 0.05) is 14.7 Å². The third-order valence-corrected chi connectivity index (χ3v) is 7.70. The van der Waals surface area contributed by atoms with E-state index in [4.69, 9.17) is 4.18 Å². The first-order chi connectivity index (χ1) is 13.6. The predicted octanol–water partition coefficient (Wildman–Crippen LogP) is 6.91. The van der Waals surface area contributed by atoms with Gasteiger partial charge in [-0.3, -0.25) is 0 Å². The highest BCUT2D eigenvalue weighted by atomic mass is 32.3. The standard InChI is InChI=1S/C23H21F3O2S/c1-16-4-10-19(11-5-16)29(28-22(27)23(24,25)26,20-12-6-17(2)7-13-20)21-14-8-18(3)9-15-21/h4-15H,1-3H3. The third-order valence-electron chi connectivity index (χ3n) is 4.49. The fourth-order valence-electron chi connectivity index (χ4n) is 2.90. The van der Waals surface area contributed by atoms with Crippen molar-refractivity contribution >= 4 is 16.3 Å². The predicted molar refractivity (Wildman–Crippen MR) is 108 cm³/mol. The van der Waals surface area contributed by atoms with Crippen LogP contribution in [0.15, 0.2) is 87.5 Å². The number of alkyl halides is 3. The summed E-state index contributed by atoms with van der Waals surface area (Å²) >= 11 is 0. The highest BCUT2D eigenvalue weighted by Gasteiger charge is 2.47. The lowest BCUT2D eigenvalue weighted by Gasteiger charge is -2.40. The van der Waals surface area contributed by atoms with Gasteiger partial charge < -0.3 is 4.18 Å². The average molecular weight is 418 g/mol. The number of aryl methyl sites for hydroxylation is 3. The van der Waals surface area contributed by atoms with E-state index in [9.17, 15) is 18.0 Å². The number of halogens is 3. The Kier molecular flexibility index (Phi) is 5.75. The molecule has 0 bridgehead atoms. The number of carbonyl (C=O) groups is 1. The van der Waals surface area contributed by atoms with E-state index in [2.05, 4.69) is 0 Å². The maximum absolute atomic E-state index is 13.3. The van der Waals surface area contributed by atoms with Gasteiger partial charge in [0.15, 0.2) is 0 Å². The van der Waals surface area contributed by atoms with Crippen molar-refractivity contribution in [2.24, 2.45) is 0 Å². The summed E-state index contributed by atoms with van der Waals surface area (Å²) in [5, 5.41) is 0. The minimum atomic E-state index is -5.10. The second kappa shape index (κ2) is 7.95. The topological polar surface area (TPSA) is 26.3 Å². The highest BCUT2D eigenvalue weighted by Crippen LogP contribution is 2.69. The molecular weight excluding hydrogens is 397 g/mol. The molecular formula is C23H21F3O2S. The summed E-state index contributed by atoms with van der Waals surface area (Å²) in [4.78, 5) is 13.6. The zero-order valence-electron chi connectivity index (χ0n) is 16.3. The van der Waals surface area contributed by atoms with Crippen molar-refractivity contribution in [3.63, 3.8) is 0 Å². The van der Waals surface area contributed by atoms with E-state index in [1.807, 2.05) is 20.8 Å². The van der Waals surface area contributed by atoms with Crippen LogP contribution in [0.2, 0.25) is 0 Å². The molecule has 0 aliphatic heterocycles. The van der Waals surface area contributed by atoms with Crippen molar-refractivity contribution < 1.29 is 22.1 Å². The minimum absolute atomic E-state index is 0.522. The number of carbonyl (C=O) groups excluding carboxylic acids is 1. The van der Waals surface area contributed by atoms with Crippen LogP contribution in [-0.2, 0) is 8.98 Å². The lowest BCUT2D eigenvalue weighted by atomic mass is 10.2. The molecule has 0 aliphatic carbocycles. The summed E-state index contributed by atoms with van der Waals surface area (Å²) < 4.78 is 45.2. The molecule has 29 heavy (non-hydrogen) atoms. The Morgan fingerprint density at radius 3 is 1.17 bits per heavy atom. The highest BCUT2D eigenvalue weighted by molar-refractivity contribution is 8.30. The van der Waals surface area contributed by atoms with Crippen LogP contribution in [0.25, 0.3) is 0 Å². The van der Waals surface area contributed by atoms with Gasteiger partial charge >= 0.3 is 12.1 Å². The Balaban J connectivity index is 2.33. The van der Waals surface area contributed by atoms with Gasteiger partial charge in [-0.05, 0) is 67.5 Å². The van der Waals surface area contributed by atoms with Crippen molar-refractivity contribution in [2.45, 2.75) is 41.6 Å². The molecule has 6 heteroatoms. The van der Waals surface area contributed by atoms with Crippen molar-refractivity contribution in [3.05, 3.63) is 89.5 Å². The Bertz CT molecular complexity index is 881. The molecule has 3 rings (SSSR count). The maximum Gasteiger partial charge on any atom is 0.491 e. The van der Waals surface area contributed by atoms with Crippen LogP contribution in [-0.4, -0.2) is 12.1 Å². The first-order valence-corrected chi connectivity index (χ1v) is 10.5. The van der Waals surface area contributed by atoms with E-state index in [1.165, 1.54) is 0 Å². The SMILES string of the molecule is Cc1ccc(S(OC(=O)C(F)(F)F)(c2ccc(C)cc2)c2ccc(C)cc2)cc1. The van der Waals surface area contributed by atoms with E-state index in [0.717, 1.165) is 16.7 Å². The van der Waals surface area contributed by atoms with Crippen LogP contribution in [0.3, 0.4) is 0 Å². The molecule has 3 aromatic carbocycles. The van der Waals surface area contributed by atoms with Crippen molar-refractivity contribution in [2.75, 3.05) is 0 Å². The first-order valence-electron chi connectivity index (χ1n) is 8.97. The van der Waals surface area contributed by atoms with Gasteiger partial charge in [-0.1, -0.05) is 53.1 Å². The van der Waals surface area contributed by atoms with Crippen LogP contribution in [0.5, 0.6) is 0 Å². The molecule has 0 unspecified atom stereocenters. The van der Waals surface area contributed by atoms with E-state index in [1.54, 1.807) is 72.8 Å². The molecule has 0 radical (unpaired) electrons. The van der Waals surface area contributed by atoms with Crippen molar-refractivity contribution in [1.82, 2.24) is 0 Å². The molecule has 0 atom stereocenters. The molecule has 0 aliphatic rings. The monoisotopic (exact) mass is 418 g/mol. The van der Waals surface area contributed by atoms with Gasteiger partial charge in [-0.25, -0.2) is 4.79 Å². The molecule has 0 saturated carbocycles. The van der Waals surface area contributed by atoms with Crippen LogP contribution in [0.1, 0.15) is 16.7 Å². The second-order valence-corrected chi connectivity index (χ2v) is 9.56. The summed E-state index contributed by atoms with van der Waals surface area (Å²) in [7, 11) is -2.93. The molecule has 0 heterocycles. The van der Waals surface area contributed by atoms with Crippen molar-refractivity contribution in [1.29, 1.82) is 0 Å². The summed E-state index contributed by atoms with van der Waals surface area (Å²) in [6.07, 6.45) is -5.10. The van der Waals surface area contributed by atoms with Crippen molar-refractivity contribution in [3.8, 4) is 0 Å². The zero-order valence-corrected chi connectivity index (χ0v) is 17.1. The molecule has 3 aromatic rings. The van der Waals surface area contributed by atoms with Gasteiger partial charge in [0.25, 0.3) is 0 Å². The zero-order chi connectivity index (χ0) is 21.2. The smallest absolute Gasteiger partial charge is 0.395 e. The average Bonchev–Trinajstić information content (AvgIpc) is 2.67. The van der Waals surface area contributed by atoms with Gasteiger partial charge in [0.2, 0.25) is 0 Å². The lowest BCUT2D eigenvalue weighted by molar-refractivity contribution is -0.188. The second-order valence-electron chi connectivity index (χ2n) is 6.86. The molecule has 0 N–H and O–H groups in total. The van der Waals surface area contributed by atoms with Crippen LogP contribution < -0.4 is 0 Å². The molecule has 152 valence electrons. The Labute approximate surface area is 169 Å². The lowest BCUT2D eigenvalue weighted by Crippen LogP contribution is -2.27. The first kappa shape index (κ1) is 21.0. The van der Waals surface area contributed by atoms with Crippen LogP contribution in [0.4, 0.5) is 13.2 Å². The normalized spacial score (nSPS) is 12.5. The van der Waals surface area contributed by atoms with E-state index < -0.39 is 22.5 Å². The number of hydrogen-bond acceptors (Lipinski definition) is 2. The summed E-state index contributed by atoms with van der Waals surface area (Å²) in [6.45, 7) is 5.67. The maximum atomic E-state index is 13.3. The minimum Gasteiger partial charge on any atom is -0.395 e. The third kappa shape index (κ3) is 4.32. The van der Waals surface area contributed by atoms with E-state index in [0.29, 0.717) is 14.7 Å². The van der Waals surface area contributed by atoms with Crippen LogP contribution >= 0.6 is 10.3 Å². The summed E-state index contributed by atoms with van der Waals surface area (Å²) in [5.74, 6) is -2.20. The number of hydrogen-bond donors (Lipinski definition) is 0. The van der Waals surface area contributed by atoms with E-state index >= 15 is 0 Å². The number of rotatable bonds is 4. The quantitative estimate of drug-likeness (QED) is 0.460. The van der Waals surface area contributed by atoms with Gasteiger partial charge in [-0.2, -0.15) is 13.2 Å². The Morgan fingerprint density at radius 1 is 0.655 bits per heavy atom. The fraction of sp³-hybridized carbons (Fsp3) is 0.174. The van der Waals surface area contributed by atoms with Gasteiger partial charge in [0.05, 0.1) is 0 Å². The van der Waals surface area contributed by atoms with Gasteiger partial charge in [-0.15, -0.1) is 0 Å². The summed E-state index contributed by atoms with van der Waals surface area (Å²) in [5.41, 5.74) is 2.87. The summed E-state index contributed by atoms with van der Waals surface area (Å²) in [6, 6.07) is 21.2. The molecule has 0 fully saturated rings. The van der Waals surface area contributed by atoms with Gasteiger partial charge in [0.1, 0.15) is 0 Å².